The maximum atomic E-state index is 5.93. The lowest BCUT2D eigenvalue weighted by atomic mass is 10.1. The van der Waals surface area contributed by atoms with Gasteiger partial charge in [-0.25, -0.2) is 0 Å². The molecule has 0 aliphatic carbocycles. The Bertz CT molecular complexity index is 692. The lowest BCUT2D eigenvalue weighted by Crippen LogP contribution is -1.95. The molecule has 1 heterocycles. The van der Waals surface area contributed by atoms with Crippen LogP contribution < -0.4 is 4.74 Å². The highest BCUT2D eigenvalue weighted by Crippen LogP contribution is 2.27. The maximum Gasteiger partial charge on any atom is 0.120 e. The number of aryl methyl sites for hydroxylation is 2. The van der Waals surface area contributed by atoms with Gasteiger partial charge in [0.25, 0.3) is 0 Å². The van der Waals surface area contributed by atoms with Crippen LogP contribution in [0.15, 0.2) is 47.8 Å². The third-order valence-corrected chi connectivity index (χ3v) is 4.16. The molecule has 3 rings (SSSR count). The van der Waals surface area contributed by atoms with E-state index in [1.807, 2.05) is 0 Å². The topological polar surface area (TPSA) is 9.23 Å². The molecule has 3 aromatic rings. The van der Waals surface area contributed by atoms with Gasteiger partial charge < -0.3 is 4.74 Å². The predicted octanol–water partition coefficient (Wildman–Crippen LogP) is 5.10. The van der Waals surface area contributed by atoms with Crippen molar-refractivity contribution in [2.75, 3.05) is 0 Å². The minimum atomic E-state index is 0.632. The third kappa shape index (κ3) is 2.64. The van der Waals surface area contributed by atoms with Gasteiger partial charge >= 0.3 is 0 Å². The van der Waals surface area contributed by atoms with Crippen molar-refractivity contribution in [1.29, 1.82) is 0 Å². The van der Waals surface area contributed by atoms with Crippen LogP contribution in [0.25, 0.3) is 10.1 Å². The van der Waals surface area contributed by atoms with E-state index < -0.39 is 0 Å². The van der Waals surface area contributed by atoms with Crippen LogP contribution in [0.5, 0.6) is 5.75 Å². The molecule has 0 fully saturated rings. The average Bonchev–Trinajstić information content (AvgIpc) is 2.78. The Morgan fingerprint density at radius 2 is 1.74 bits per heavy atom. The first kappa shape index (κ1) is 12.2. The number of thiophene rings is 1. The van der Waals surface area contributed by atoms with E-state index in [1.165, 1.54) is 26.8 Å². The number of hydrogen-bond donors (Lipinski definition) is 0. The molecule has 19 heavy (non-hydrogen) atoms. The van der Waals surface area contributed by atoms with Crippen molar-refractivity contribution in [1.82, 2.24) is 0 Å². The number of ether oxygens (including phenoxy) is 1. The van der Waals surface area contributed by atoms with Gasteiger partial charge in [-0.2, -0.15) is 0 Å². The molecule has 0 unspecified atom stereocenters. The molecule has 0 spiro atoms. The number of fused-ring (bicyclic) bond motifs is 1. The van der Waals surface area contributed by atoms with Crippen molar-refractivity contribution in [3.63, 3.8) is 0 Å². The lowest BCUT2D eigenvalue weighted by molar-refractivity contribution is 0.307. The first-order valence-electron chi connectivity index (χ1n) is 6.38. The van der Waals surface area contributed by atoms with Crippen LogP contribution in [0.3, 0.4) is 0 Å². The molecule has 96 valence electrons. The van der Waals surface area contributed by atoms with E-state index in [4.69, 9.17) is 4.74 Å². The Morgan fingerprint density at radius 3 is 2.53 bits per heavy atom. The fraction of sp³-hybridized carbons (Fsp3) is 0.176. The summed E-state index contributed by atoms with van der Waals surface area (Å²) in [6, 6.07) is 14.8. The molecule has 0 atom stereocenters. The van der Waals surface area contributed by atoms with Gasteiger partial charge in [0.2, 0.25) is 0 Å². The Hall–Kier alpha value is -1.80. The molecule has 0 aliphatic rings. The van der Waals surface area contributed by atoms with Crippen LogP contribution in [0.4, 0.5) is 0 Å². The normalized spacial score (nSPS) is 10.8. The summed E-state index contributed by atoms with van der Waals surface area (Å²) in [5.74, 6) is 0.952. The smallest absolute Gasteiger partial charge is 0.120 e. The summed E-state index contributed by atoms with van der Waals surface area (Å²) >= 11 is 1.78. The van der Waals surface area contributed by atoms with Gasteiger partial charge in [-0.3, -0.25) is 0 Å². The van der Waals surface area contributed by atoms with E-state index in [2.05, 4.69) is 61.7 Å². The first-order valence-corrected chi connectivity index (χ1v) is 7.26. The van der Waals surface area contributed by atoms with E-state index in [9.17, 15) is 0 Å². The monoisotopic (exact) mass is 268 g/mol. The molecule has 0 saturated carbocycles. The highest BCUT2D eigenvalue weighted by atomic mass is 32.1. The Morgan fingerprint density at radius 1 is 1.00 bits per heavy atom. The zero-order valence-corrected chi connectivity index (χ0v) is 12.0. The standard InChI is InChI=1S/C17H16OS/c1-12-7-13(2)9-15(8-12)18-10-14-11-19-17-6-4-3-5-16(14)17/h3-9,11H,10H2,1-2H3. The van der Waals surface area contributed by atoms with Gasteiger partial charge in [0, 0.05) is 10.3 Å². The molecule has 0 saturated heterocycles. The summed E-state index contributed by atoms with van der Waals surface area (Å²) in [6.45, 7) is 4.83. The molecule has 1 aromatic heterocycles. The zero-order chi connectivity index (χ0) is 13.2. The molecule has 0 bridgehead atoms. The summed E-state index contributed by atoms with van der Waals surface area (Å²) in [7, 11) is 0. The molecule has 0 aliphatic heterocycles. The molecular formula is C17H16OS. The summed E-state index contributed by atoms with van der Waals surface area (Å²) < 4.78 is 7.25. The molecule has 0 amide bonds. The minimum Gasteiger partial charge on any atom is -0.489 e. The van der Waals surface area contributed by atoms with Gasteiger partial charge in [-0.1, -0.05) is 24.3 Å². The highest BCUT2D eigenvalue weighted by Gasteiger charge is 2.04. The Kier molecular flexibility index (Phi) is 3.26. The second-order valence-electron chi connectivity index (χ2n) is 4.87. The SMILES string of the molecule is Cc1cc(C)cc(OCc2csc3ccccc23)c1. The predicted molar refractivity (Wildman–Crippen MR) is 82.1 cm³/mol. The van der Waals surface area contributed by atoms with E-state index in [-0.39, 0.29) is 0 Å². The van der Waals surface area contributed by atoms with Crippen LogP contribution in [0, 0.1) is 13.8 Å². The Balaban J connectivity index is 1.82. The average molecular weight is 268 g/mol. The van der Waals surface area contributed by atoms with E-state index >= 15 is 0 Å². The zero-order valence-electron chi connectivity index (χ0n) is 11.1. The van der Waals surface area contributed by atoms with Crippen molar-refractivity contribution in [3.05, 3.63) is 64.5 Å². The lowest BCUT2D eigenvalue weighted by Gasteiger charge is -2.07. The largest absolute Gasteiger partial charge is 0.489 e. The quantitative estimate of drug-likeness (QED) is 0.642. The van der Waals surface area contributed by atoms with E-state index in [1.54, 1.807) is 11.3 Å². The van der Waals surface area contributed by atoms with Crippen LogP contribution >= 0.6 is 11.3 Å². The molecule has 1 nitrogen and oxygen atoms in total. The third-order valence-electron chi connectivity index (χ3n) is 3.15. The van der Waals surface area contributed by atoms with Crippen molar-refractivity contribution in [2.24, 2.45) is 0 Å². The van der Waals surface area contributed by atoms with Gasteiger partial charge in [0.05, 0.1) is 0 Å². The van der Waals surface area contributed by atoms with Gasteiger partial charge in [-0.15, -0.1) is 11.3 Å². The van der Waals surface area contributed by atoms with Gasteiger partial charge in [0.15, 0.2) is 0 Å². The maximum absolute atomic E-state index is 5.93. The fourth-order valence-corrected chi connectivity index (χ4v) is 3.27. The minimum absolute atomic E-state index is 0.632. The van der Waals surface area contributed by atoms with Crippen LogP contribution in [0.2, 0.25) is 0 Å². The van der Waals surface area contributed by atoms with Gasteiger partial charge in [0.1, 0.15) is 12.4 Å². The molecule has 2 aromatic carbocycles. The number of rotatable bonds is 3. The van der Waals surface area contributed by atoms with Crippen molar-refractivity contribution in [2.45, 2.75) is 20.5 Å². The fourth-order valence-electron chi connectivity index (χ4n) is 2.32. The van der Waals surface area contributed by atoms with Crippen LogP contribution in [0.1, 0.15) is 16.7 Å². The summed E-state index contributed by atoms with van der Waals surface area (Å²) in [5, 5.41) is 3.49. The molecule has 0 radical (unpaired) electrons. The van der Waals surface area contributed by atoms with Crippen LogP contribution in [-0.4, -0.2) is 0 Å². The molecule has 0 N–H and O–H groups in total. The van der Waals surface area contributed by atoms with E-state index in [0.717, 1.165) is 5.75 Å². The second-order valence-corrected chi connectivity index (χ2v) is 5.78. The van der Waals surface area contributed by atoms with Crippen molar-refractivity contribution < 1.29 is 4.74 Å². The summed E-state index contributed by atoms with van der Waals surface area (Å²) in [6.07, 6.45) is 0. The highest BCUT2D eigenvalue weighted by molar-refractivity contribution is 7.17. The molecule has 2 heteroatoms. The Labute approximate surface area is 117 Å². The van der Waals surface area contributed by atoms with Gasteiger partial charge in [-0.05, 0) is 53.9 Å². The number of benzene rings is 2. The van der Waals surface area contributed by atoms with E-state index in [0.29, 0.717) is 6.61 Å². The van der Waals surface area contributed by atoms with Crippen molar-refractivity contribution >= 4 is 21.4 Å². The van der Waals surface area contributed by atoms with Crippen LogP contribution in [-0.2, 0) is 6.61 Å². The first-order chi connectivity index (χ1) is 9.22. The van der Waals surface area contributed by atoms with Crippen molar-refractivity contribution in [3.8, 4) is 5.75 Å². The summed E-state index contributed by atoms with van der Waals surface area (Å²) in [4.78, 5) is 0. The summed E-state index contributed by atoms with van der Waals surface area (Å²) in [5.41, 5.74) is 3.75. The number of hydrogen-bond acceptors (Lipinski definition) is 2. The molecular weight excluding hydrogens is 252 g/mol. The second kappa shape index (κ2) is 5.06.